The van der Waals surface area contributed by atoms with E-state index < -0.39 is 6.10 Å². The molecule has 146 valence electrons. The number of aryl methyl sites for hydroxylation is 1. The van der Waals surface area contributed by atoms with E-state index in [4.69, 9.17) is 21.7 Å². The molecule has 2 aliphatic heterocycles. The van der Waals surface area contributed by atoms with Crippen LogP contribution in [-0.2, 0) is 4.79 Å². The summed E-state index contributed by atoms with van der Waals surface area (Å²) in [7, 11) is 0. The van der Waals surface area contributed by atoms with Crippen molar-refractivity contribution in [1.82, 2.24) is 9.80 Å². The second-order valence-electron chi connectivity index (χ2n) is 6.92. The number of hydrogen-bond donors (Lipinski definition) is 1. The molecule has 1 amide bonds. The maximum absolute atomic E-state index is 12.8. The Labute approximate surface area is 170 Å². The van der Waals surface area contributed by atoms with Gasteiger partial charge in [-0.15, -0.1) is 0 Å². The summed E-state index contributed by atoms with van der Waals surface area (Å²) in [6.07, 6.45) is -0.599. The number of anilines is 1. The molecule has 2 aromatic carbocycles. The first-order valence-electron chi connectivity index (χ1n) is 9.40. The number of piperazine rings is 1. The molecule has 2 heterocycles. The Kier molecular flexibility index (Phi) is 5.34. The number of thiocarbonyl (C=S) groups is 1. The maximum Gasteiger partial charge on any atom is 0.267 e. The smallest absolute Gasteiger partial charge is 0.267 e. The number of amides is 1. The molecular weight excluding hydrogens is 374 g/mol. The SMILES string of the molecule is Cc1ccccc1NC(=S)N1CCN(C(=O)C2COc3ccccc3O2)CC1. The van der Waals surface area contributed by atoms with Crippen molar-refractivity contribution in [3.63, 3.8) is 0 Å². The van der Waals surface area contributed by atoms with E-state index >= 15 is 0 Å². The van der Waals surface area contributed by atoms with Crippen molar-refractivity contribution in [3.8, 4) is 11.5 Å². The van der Waals surface area contributed by atoms with Crippen molar-refractivity contribution in [2.75, 3.05) is 38.1 Å². The van der Waals surface area contributed by atoms with Crippen LogP contribution in [0.2, 0.25) is 0 Å². The number of fused-ring (bicyclic) bond motifs is 1. The number of rotatable bonds is 2. The lowest BCUT2D eigenvalue weighted by Crippen LogP contribution is -2.55. The monoisotopic (exact) mass is 397 g/mol. The summed E-state index contributed by atoms with van der Waals surface area (Å²) in [6, 6.07) is 15.5. The Hall–Kier alpha value is -2.80. The zero-order valence-corrected chi connectivity index (χ0v) is 16.6. The fourth-order valence-corrected chi connectivity index (χ4v) is 3.67. The van der Waals surface area contributed by atoms with Gasteiger partial charge in [0.15, 0.2) is 16.6 Å². The van der Waals surface area contributed by atoms with Crippen molar-refractivity contribution in [1.29, 1.82) is 0 Å². The Morgan fingerprint density at radius 2 is 1.64 bits per heavy atom. The minimum Gasteiger partial charge on any atom is -0.485 e. The normalized spacial score (nSPS) is 18.5. The molecule has 0 aliphatic carbocycles. The van der Waals surface area contributed by atoms with Crippen molar-refractivity contribution < 1.29 is 14.3 Å². The van der Waals surface area contributed by atoms with E-state index in [0.717, 1.165) is 11.3 Å². The quantitative estimate of drug-likeness (QED) is 0.787. The van der Waals surface area contributed by atoms with Gasteiger partial charge in [0, 0.05) is 31.9 Å². The van der Waals surface area contributed by atoms with Gasteiger partial charge in [0.2, 0.25) is 6.10 Å². The zero-order chi connectivity index (χ0) is 19.5. The van der Waals surface area contributed by atoms with Gasteiger partial charge in [0.25, 0.3) is 5.91 Å². The van der Waals surface area contributed by atoms with Crippen LogP contribution < -0.4 is 14.8 Å². The predicted octanol–water partition coefficient (Wildman–Crippen LogP) is 2.68. The molecule has 7 heteroatoms. The van der Waals surface area contributed by atoms with Gasteiger partial charge in [-0.05, 0) is 42.9 Å². The first-order chi connectivity index (χ1) is 13.6. The van der Waals surface area contributed by atoms with Gasteiger partial charge in [-0.2, -0.15) is 0 Å². The number of para-hydroxylation sites is 3. The number of carbonyl (C=O) groups is 1. The van der Waals surface area contributed by atoms with Crippen molar-refractivity contribution in [2.45, 2.75) is 13.0 Å². The highest BCUT2D eigenvalue weighted by atomic mass is 32.1. The van der Waals surface area contributed by atoms with Crippen LogP contribution in [0.25, 0.3) is 0 Å². The molecule has 4 rings (SSSR count). The number of nitrogens with zero attached hydrogens (tertiary/aromatic N) is 2. The lowest BCUT2D eigenvalue weighted by Gasteiger charge is -2.38. The molecule has 1 fully saturated rings. The van der Waals surface area contributed by atoms with Crippen molar-refractivity contribution >= 4 is 28.9 Å². The second kappa shape index (κ2) is 8.06. The lowest BCUT2D eigenvalue weighted by atomic mass is 10.2. The highest BCUT2D eigenvalue weighted by molar-refractivity contribution is 7.80. The van der Waals surface area contributed by atoms with Gasteiger partial charge < -0.3 is 24.6 Å². The highest BCUT2D eigenvalue weighted by Crippen LogP contribution is 2.31. The summed E-state index contributed by atoms with van der Waals surface area (Å²) in [5.74, 6) is 1.27. The van der Waals surface area contributed by atoms with Crippen LogP contribution in [0.4, 0.5) is 5.69 Å². The number of hydrogen-bond acceptors (Lipinski definition) is 4. The van der Waals surface area contributed by atoms with Crippen LogP contribution in [0.3, 0.4) is 0 Å². The average molecular weight is 398 g/mol. The third kappa shape index (κ3) is 3.89. The second-order valence-corrected chi connectivity index (χ2v) is 7.31. The van der Waals surface area contributed by atoms with Gasteiger partial charge in [-0.25, -0.2) is 0 Å². The summed E-state index contributed by atoms with van der Waals surface area (Å²) in [6.45, 7) is 4.88. The predicted molar refractivity (Wildman–Crippen MR) is 112 cm³/mol. The Bertz CT molecular complexity index is 881. The van der Waals surface area contributed by atoms with E-state index in [1.807, 2.05) is 60.4 Å². The molecule has 1 unspecified atom stereocenters. The molecule has 0 saturated carbocycles. The Morgan fingerprint density at radius 3 is 2.39 bits per heavy atom. The van der Waals surface area contributed by atoms with Crippen molar-refractivity contribution in [3.05, 3.63) is 54.1 Å². The summed E-state index contributed by atoms with van der Waals surface area (Å²) in [5, 5.41) is 4.00. The Balaban J connectivity index is 1.31. The first kappa shape index (κ1) is 18.6. The third-order valence-electron chi connectivity index (χ3n) is 5.05. The van der Waals surface area contributed by atoms with E-state index in [0.29, 0.717) is 42.8 Å². The maximum atomic E-state index is 12.8. The Morgan fingerprint density at radius 1 is 1.00 bits per heavy atom. The van der Waals surface area contributed by atoms with Gasteiger partial charge >= 0.3 is 0 Å². The molecule has 1 atom stereocenters. The van der Waals surface area contributed by atoms with Crippen LogP contribution in [0.5, 0.6) is 11.5 Å². The number of ether oxygens (including phenoxy) is 2. The molecule has 0 radical (unpaired) electrons. The highest BCUT2D eigenvalue weighted by Gasteiger charge is 2.33. The fourth-order valence-electron chi connectivity index (χ4n) is 3.38. The lowest BCUT2D eigenvalue weighted by molar-refractivity contribution is -0.142. The van der Waals surface area contributed by atoms with E-state index in [1.165, 1.54) is 0 Å². The van der Waals surface area contributed by atoms with Crippen LogP contribution in [0, 0.1) is 6.92 Å². The molecule has 0 bridgehead atoms. The molecule has 2 aliphatic rings. The molecule has 28 heavy (non-hydrogen) atoms. The van der Waals surface area contributed by atoms with Gasteiger partial charge in [0.1, 0.15) is 6.61 Å². The molecule has 1 N–H and O–H groups in total. The van der Waals surface area contributed by atoms with E-state index in [9.17, 15) is 4.79 Å². The molecule has 6 nitrogen and oxygen atoms in total. The molecular formula is C21H23N3O3S. The van der Waals surface area contributed by atoms with Crippen LogP contribution in [0.1, 0.15) is 5.56 Å². The van der Waals surface area contributed by atoms with Crippen LogP contribution in [-0.4, -0.2) is 59.7 Å². The topological polar surface area (TPSA) is 54.0 Å². The fraction of sp³-hybridized carbons (Fsp3) is 0.333. The zero-order valence-electron chi connectivity index (χ0n) is 15.8. The van der Waals surface area contributed by atoms with E-state index in [-0.39, 0.29) is 12.5 Å². The summed E-state index contributed by atoms with van der Waals surface area (Å²) < 4.78 is 11.5. The van der Waals surface area contributed by atoms with Gasteiger partial charge in [-0.3, -0.25) is 4.79 Å². The van der Waals surface area contributed by atoms with Gasteiger partial charge in [-0.1, -0.05) is 30.3 Å². The largest absolute Gasteiger partial charge is 0.485 e. The third-order valence-corrected chi connectivity index (χ3v) is 5.41. The minimum atomic E-state index is -0.599. The number of benzene rings is 2. The molecule has 0 spiro atoms. The molecule has 2 aromatic rings. The number of nitrogens with one attached hydrogen (secondary N) is 1. The standard InChI is InChI=1S/C21H23N3O3S/c1-15-6-2-3-7-16(15)22-21(28)24-12-10-23(11-13-24)20(25)19-14-26-17-8-4-5-9-18(17)27-19/h2-9,19H,10-14H2,1H3,(H,22,28). The van der Waals surface area contributed by atoms with Gasteiger partial charge in [0.05, 0.1) is 0 Å². The molecule has 1 saturated heterocycles. The van der Waals surface area contributed by atoms with Crippen molar-refractivity contribution in [2.24, 2.45) is 0 Å². The minimum absolute atomic E-state index is 0.0352. The van der Waals surface area contributed by atoms with E-state index in [2.05, 4.69) is 10.2 Å². The van der Waals surface area contributed by atoms with Crippen LogP contribution >= 0.6 is 12.2 Å². The first-order valence-corrected chi connectivity index (χ1v) is 9.81. The summed E-state index contributed by atoms with van der Waals surface area (Å²) in [4.78, 5) is 16.8. The molecule has 0 aromatic heterocycles. The van der Waals surface area contributed by atoms with Crippen LogP contribution in [0.15, 0.2) is 48.5 Å². The number of carbonyl (C=O) groups excluding carboxylic acids is 1. The summed E-state index contributed by atoms with van der Waals surface area (Å²) in [5.41, 5.74) is 2.16. The average Bonchev–Trinajstić information content (AvgIpc) is 2.74. The summed E-state index contributed by atoms with van der Waals surface area (Å²) >= 11 is 5.56. The van der Waals surface area contributed by atoms with E-state index in [1.54, 1.807) is 0 Å².